The first-order chi connectivity index (χ1) is 4.43. The standard InChI is InChI=1S/C6H13NO2/c8-3-1-6-5-7-2-4-9-6/h6-8H,1-5H2/t6-/m0/s1. The predicted molar refractivity (Wildman–Crippen MR) is 34.3 cm³/mol. The fourth-order valence-electron chi connectivity index (χ4n) is 0.949. The minimum absolute atomic E-state index is 0.229. The van der Waals surface area contributed by atoms with Crippen LogP contribution in [0.4, 0.5) is 0 Å². The fourth-order valence-corrected chi connectivity index (χ4v) is 0.949. The first-order valence-corrected chi connectivity index (χ1v) is 3.36. The first kappa shape index (κ1) is 6.99. The summed E-state index contributed by atoms with van der Waals surface area (Å²) in [6.07, 6.45) is 0.997. The highest BCUT2D eigenvalue weighted by Gasteiger charge is 2.11. The van der Waals surface area contributed by atoms with Crippen LogP contribution in [0.5, 0.6) is 0 Å². The molecule has 0 bridgehead atoms. The van der Waals surface area contributed by atoms with Gasteiger partial charge in [0.15, 0.2) is 0 Å². The Morgan fingerprint density at radius 3 is 3.11 bits per heavy atom. The van der Waals surface area contributed by atoms with Gasteiger partial charge in [0.05, 0.1) is 12.7 Å². The number of morpholine rings is 1. The zero-order valence-electron chi connectivity index (χ0n) is 5.47. The van der Waals surface area contributed by atoms with Gasteiger partial charge in [-0.25, -0.2) is 0 Å². The van der Waals surface area contributed by atoms with Crippen LogP contribution in [-0.2, 0) is 4.74 Å². The van der Waals surface area contributed by atoms with Crippen LogP contribution in [0.1, 0.15) is 6.42 Å². The summed E-state index contributed by atoms with van der Waals surface area (Å²) in [6.45, 7) is 2.85. The van der Waals surface area contributed by atoms with E-state index in [-0.39, 0.29) is 12.7 Å². The van der Waals surface area contributed by atoms with Gasteiger partial charge in [0, 0.05) is 19.7 Å². The smallest absolute Gasteiger partial charge is 0.0721 e. The molecule has 0 radical (unpaired) electrons. The Hall–Kier alpha value is -0.120. The van der Waals surface area contributed by atoms with E-state index >= 15 is 0 Å². The van der Waals surface area contributed by atoms with Crippen LogP contribution in [0.25, 0.3) is 0 Å². The molecule has 1 aliphatic heterocycles. The van der Waals surface area contributed by atoms with Gasteiger partial charge in [-0.3, -0.25) is 0 Å². The molecule has 3 nitrogen and oxygen atoms in total. The highest BCUT2D eigenvalue weighted by atomic mass is 16.5. The predicted octanol–water partition coefficient (Wildman–Crippen LogP) is -0.643. The normalized spacial score (nSPS) is 28.3. The molecular weight excluding hydrogens is 118 g/mol. The summed E-state index contributed by atoms with van der Waals surface area (Å²) in [4.78, 5) is 0. The third-order valence-corrected chi connectivity index (χ3v) is 1.46. The van der Waals surface area contributed by atoms with Crippen LogP contribution in [0.15, 0.2) is 0 Å². The number of rotatable bonds is 2. The van der Waals surface area contributed by atoms with Gasteiger partial charge < -0.3 is 15.2 Å². The summed E-state index contributed by atoms with van der Waals surface area (Å²) in [5.74, 6) is 0. The topological polar surface area (TPSA) is 41.5 Å². The third kappa shape index (κ3) is 2.30. The number of hydrogen-bond donors (Lipinski definition) is 2. The zero-order valence-corrected chi connectivity index (χ0v) is 5.47. The minimum atomic E-state index is 0.229. The first-order valence-electron chi connectivity index (χ1n) is 3.36. The van der Waals surface area contributed by atoms with Crippen molar-refractivity contribution in [1.29, 1.82) is 0 Å². The summed E-state index contributed by atoms with van der Waals surface area (Å²) in [5.41, 5.74) is 0. The lowest BCUT2D eigenvalue weighted by Gasteiger charge is -2.22. The average molecular weight is 131 g/mol. The number of aliphatic hydroxyl groups is 1. The molecule has 0 aliphatic carbocycles. The molecule has 0 aromatic rings. The van der Waals surface area contributed by atoms with Gasteiger partial charge in [-0.2, -0.15) is 0 Å². The second-order valence-corrected chi connectivity index (χ2v) is 2.21. The molecule has 0 saturated carbocycles. The molecule has 0 amide bonds. The van der Waals surface area contributed by atoms with Gasteiger partial charge in [0.2, 0.25) is 0 Å². The Bertz CT molecular complexity index is 68.7. The molecule has 9 heavy (non-hydrogen) atoms. The third-order valence-electron chi connectivity index (χ3n) is 1.46. The summed E-state index contributed by atoms with van der Waals surface area (Å²) < 4.78 is 5.30. The maximum atomic E-state index is 8.51. The summed E-state index contributed by atoms with van der Waals surface area (Å²) in [5, 5.41) is 11.7. The summed E-state index contributed by atoms with van der Waals surface area (Å²) in [7, 11) is 0. The second kappa shape index (κ2) is 3.82. The molecule has 0 aromatic carbocycles. The molecule has 1 aliphatic rings. The molecule has 2 N–H and O–H groups in total. The van der Waals surface area contributed by atoms with Crippen LogP contribution >= 0.6 is 0 Å². The number of hydrogen-bond acceptors (Lipinski definition) is 3. The van der Waals surface area contributed by atoms with Gasteiger partial charge in [-0.05, 0) is 6.42 Å². The van der Waals surface area contributed by atoms with E-state index in [1.54, 1.807) is 0 Å². The molecule has 0 spiro atoms. The molecular formula is C6H13NO2. The van der Waals surface area contributed by atoms with E-state index in [1.807, 2.05) is 0 Å². The van der Waals surface area contributed by atoms with Gasteiger partial charge in [-0.15, -0.1) is 0 Å². The molecule has 0 unspecified atom stereocenters. The largest absolute Gasteiger partial charge is 0.396 e. The Morgan fingerprint density at radius 1 is 1.67 bits per heavy atom. The maximum Gasteiger partial charge on any atom is 0.0721 e. The van der Waals surface area contributed by atoms with Crippen molar-refractivity contribution in [3.63, 3.8) is 0 Å². The Morgan fingerprint density at radius 2 is 2.56 bits per heavy atom. The lowest BCUT2D eigenvalue weighted by Crippen LogP contribution is -2.38. The highest BCUT2D eigenvalue weighted by molar-refractivity contribution is 4.65. The van der Waals surface area contributed by atoms with Crippen molar-refractivity contribution in [2.24, 2.45) is 0 Å². The number of aliphatic hydroxyl groups excluding tert-OH is 1. The van der Waals surface area contributed by atoms with Gasteiger partial charge >= 0.3 is 0 Å². The minimum Gasteiger partial charge on any atom is -0.396 e. The van der Waals surface area contributed by atoms with Crippen molar-refractivity contribution < 1.29 is 9.84 Å². The van der Waals surface area contributed by atoms with E-state index in [0.717, 1.165) is 26.1 Å². The highest BCUT2D eigenvalue weighted by Crippen LogP contribution is 1.98. The van der Waals surface area contributed by atoms with Crippen LogP contribution in [-0.4, -0.2) is 37.5 Å². The quantitative estimate of drug-likeness (QED) is 0.523. The Balaban J connectivity index is 2.08. The van der Waals surface area contributed by atoms with Crippen molar-refractivity contribution in [1.82, 2.24) is 5.32 Å². The molecule has 54 valence electrons. The molecule has 1 rings (SSSR count). The molecule has 3 heteroatoms. The lowest BCUT2D eigenvalue weighted by molar-refractivity contribution is 0.0139. The number of ether oxygens (including phenoxy) is 1. The van der Waals surface area contributed by atoms with Gasteiger partial charge in [0.1, 0.15) is 0 Å². The van der Waals surface area contributed by atoms with E-state index in [4.69, 9.17) is 9.84 Å². The zero-order chi connectivity index (χ0) is 6.53. The molecule has 1 atom stereocenters. The van der Waals surface area contributed by atoms with E-state index in [2.05, 4.69) is 5.32 Å². The van der Waals surface area contributed by atoms with Crippen LogP contribution in [0, 0.1) is 0 Å². The van der Waals surface area contributed by atoms with Crippen LogP contribution in [0.3, 0.4) is 0 Å². The van der Waals surface area contributed by atoms with E-state index in [0.29, 0.717) is 0 Å². The van der Waals surface area contributed by atoms with Gasteiger partial charge in [-0.1, -0.05) is 0 Å². The maximum absolute atomic E-state index is 8.51. The van der Waals surface area contributed by atoms with Crippen molar-refractivity contribution in [3.8, 4) is 0 Å². The summed E-state index contributed by atoms with van der Waals surface area (Å²) in [6, 6.07) is 0. The Kier molecular flexibility index (Phi) is 2.97. The van der Waals surface area contributed by atoms with Crippen molar-refractivity contribution in [3.05, 3.63) is 0 Å². The SMILES string of the molecule is OCC[C@H]1CNCCO1. The molecule has 0 aromatic heterocycles. The average Bonchev–Trinajstić information content (AvgIpc) is 1.91. The lowest BCUT2D eigenvalue weighted by atomic mass is 10.2. The molecule has 1 fully saturated rings. The van der Waals surface area contributed by atoms with Gasteiger partial charge in [0.25, 0.3) is 0 Å². The van der Waals surface area contributed by atoms with Crippen LogP contribution in [0.2, 0.25) is 0 Å². The fraction of sp³-hybridized carbons (Fsp3) is 1.00. The summed E-state index contributed by atoms with van der Waals surface area (Å²) >= 11 is 0. The van der Waals surface area contributed by atoms with Crippen molar-refractivity contribution in [2.45, 2.75) is 12.5 Å². The number of nitrogens with one attached hydrogen (secondary N) is 1. The van der Waals surface area contributed by atoms with E-state index < -0.39 is 0 Å². The van der Waals surface area contributed by atoms with E-state index in [9.17, 15) is 0 Å². The van der Waals surface area contributed by atoms with Crippen molar-refractivity contribution >= 4 is 0 Å². The van der Waals surface area contributed by atoms with E-state index in [1.165, 1.54) is 0 Å². The van der Waals surface area contributed by atoms with Crippen molar-refractivity contribution in [2.75, 3.05) is 26.3 Å². The Labute approximate surface area is 55.0 Å². The van der Waals surface area contributed by atoms with Crippen LogP contribution < -0.4 is 5.32 Å². The monoisotopic (exact) mass is 131 g/mol. The molecule has 1 heterocycles. The molecule has 1 saturated heterocycles. The second-order valence-electron chi connectivity index (χ2n) is 2.21.